The van der Waals surface area contributed by atoms with Crippen LogP contribution in [0.25, 0.3) is 0 Å². The van der Waals surface area contributed by atoms with Crippen molar-refractivity contribution < 1.29 is 17.7 Å². The first-order valence-corrected chi connectivity index (χ1v) is 8.49. The Morgan fingerprint density at radius 3 is 2.50 bits per heavy atom. The molecular weight excluding hydrogens is 315 g/mol. The van der Waals surface area contributed by atoms with Gasteiger partial charge >= 0.3 is 6.18 Å². The number of halogens is 3. The van der Waals surface area contributed by atoms with E-state index in [0.29, 0.717) is 5.69 Å². The Bertz CT molecular complexity index is 562. The van der Waals surface area contributed by atoms with Crippen LogP contribution in [0.3, 0.4) is 0 Å². The normalized spacial score (nSPS) is 28.5. The van der Waals surface area contributed by atoms with Crippen molar-refractivity contribution in [3.05, 3.63) is 18.0 Å². The molecule has 1 saturated carbocycles. The van der Waals surface area contributed by atoms with Crippen molar-refractivity contribution in [1.29, 1.82) is 0 Å². The van der Waals surface area contributed by atoms with E-state index in [2.05, 4.69) is 9.82 Å². The molecule has 4 nitrogen and oxygen atoms in total. The van der Waals surface area contributed by atoms with Crippen molar-refractivity contribution in [2.75, 3.05) is 0 Å². The van der Waals surface area contributed by atoms with Gasteiger partial charge in [0.25, 0.3) is 0 Å². The first kappa shape index (κ1) is 16.1. The fraction of sp³-hybridized carbons (Fsp3) is 0.786. The summed E-state index contributed by atoms with van der Waals surface area (Å²) in [6, 6.07) is 0.656. The Morgan fingerprint density at radius 1 is 1.36 bits per heavy atom. The first-order valence-electron chi connectivity index (χ1n) is 7.34. The molecule has 0 spiro atoms. The van der Waals surface area contributed by atoms with E-state index in [0.717, 1.165) is 0 Å². The number of nitrogens with one attached hydrogen (secondary N) is 1. The molecule has 2 heterocycles. The zero-order chi connectivity index (χ0) is 16.3. The van der Waals surface area contributed by atoms with E-state index in [1.165, 1.54) is 10.9 Å². The van der Waals surface area contributed by atoms with Gasteiger partial charge in [-0.25, -0.2) is 0 Å². The van der Waals surface area contributed by atoms with Gasteiger partial charge in [-0.15, -0.1) is 4.72 Å². The minimum absolute atomic E-state index is 0.148. The molecule has 0 saturated heterocycles. The Morgan fingerprint density at radius 2 is 2.00 bits per heavy atom. The van der Waals surface area contributed by atoms with Crippen molar-refractivity contribution in [3.8, 4) is 0 Å². The lowest BCUT2D eigenvalue weighted by Gasteiger charge is -2.28. The van der Waals surface area contributed by atoms with Crippen LogP contribution in [0, 0.1) is 5.41 Å². The van der Waals surface area contributed by atoms with Crippen LogP contribution in [0.15, 0.2) is 12.3 Å². The summed E-state index contributed by atoms with van der Waals surface area (Å²) >= 11 is -1.33. The highest BCUT2D eigenvalue weighted by Gasteiger charge is 2.69. The summed E-state index contributed by atoms with van der Waals surface area (Å²) in [5.74, 6) is 0. The maximum atomic E-state index is 13.4. The molecule has 0 radical (unpaired) electrons. The largest absolute Gasteiger partial charge is 0.598 e. The third kappa shape index (κ3) is 2.45. The van der Waals surface area contributed by atoms with Crippen molar-refractivity contribution in [1.82, 2.24) is 14.5 Å². The van der Waals surface area contributed by atoms with Gasteiger partial charge in [-0.1, -0.05) is 0 Å². The zero-order valence-electron chi connectivity index (χ0n) is 12.8. The number of nitrogens with zero attached hydrogens (tertiary/aromatic N) is 2. The molecule has 1 aliphatic carbocycles. The molecule has 1 aromatic rings. The molecule has 1 aromatic heterocycles. The third-order valence-corrected chi connectivity index (χ3v) is 6.22. The molecule has 1 fully saturated rings. The average molecular weight is 335 g/mol. The highest BCUT2D eigenvalue weighted by atomic mass is 32.2. The number of alkyl halides is 3. The maximum Gasteiger partial charge on any atom is 0.396 e. The molecule has 3 atom stereocenters. The molecular formula is C14H20F3N3OS. The second-order valence-corrected chi connectivity index (χ2v) is 9.16. The fourth-order valence-electron chi connectivity index (χ4n) is 3.12. The SMILES string of the molecule is CC(C)(C)[S+]([O-])N[C@@H]1CC(C2(C(F)(F)F)CC2)n2nccc21. The van der Waals surface area contributed by atoms with E-state index in [1.54, 1.807) is 6.07 Å². The highest BCUT2D eigenvalue weighted by Crippen LogP contribution is 2.66. The topological polar surface area (TPSA) is 52.9 Å². The summed E-state index contributed by atoms with van der Waals surface area (Å²) in [5, 5.41) is 4.10. The molecule has 124 valence electrons. The van der Waals surface area contributed by atoms with Crippen LogP contribution in [0.2, 0.25) is 0 Å². The summed E-state index contributed by atoms with van der Waals surface area (Å²) in [7, 11) is 0. The average Bonchev–Trinajstić information content (AvgIpc) is 2.92. The van der Waals surface area contributed by atoms with Crippen molar-refractivity contribution >= 4 is 11.4 Å². The highest BCUT2D eigenvalue weighted by molar-refractivity contribution is 7.90. The Balaban J connectivity index is 1.84. The van der Waals surface area contributed by atoms with Gasteiger partial charge in [-0.3, -0.25) is 4.68 Å². The fourth-order valence-corrected chi connectivity index (χ4v) is 3.95. The van der Waals surface area contributed by atoms with Gasteiger partial charge in [0, 0.05) is 17.6 Å². The van der Waals surface area contributed by atoms with E-state index < -0.39 is 33.7 Å². The summed E-state index contributed by atoms with van der Waals surface area (Å²) in [6.07, 6.45) is -2.13. The number of fused-ring (bicyclic) bond motifs is 1. The van der Waals surface area contributed by atoms with E-state index in [9.17, 15) is 17.7 Å². The Kier molecular flexibility index (Phi) is 3.58. The number of rotatable bonds is 3. The summed E-state index contributed by atoms with van der Waals surface area (Å²) in [5.41, 5.74) is -0.967. The van der Waals surface area contributed by atoms with Gasteiger partial charge in [0.05, 0.1) is 23.2 Å². The second-order valence-electron chi connectivity index (χ2n) is 7.16. The first-order chi connectivity index (χ1) is 10.1. The minimum Gasteiger partial charge on any atom is -0.598 e. The Labute approximate surface area is 130 Å². The zero-order valence-corrected chi connectivity index (χ0v) is 13.6. The predicted octanol–water partition coefficient (Wildman–Crippen LogP) is 3.26. The molecule has 8 heteroatoms. The van der Waals surface area contributed by atoms with Gasteiger partial charge in [0.1, 0.15) is 4.75 Å². The van der Waals surface area contributed by atoms with E-state index >= 15 is 0 Å². The van der Waals surface area contributed by atoms with Crippen LogP contribution < -0.4 is 4.72 Å². The molecule has 0 amide bonds. The molecule has 2 aliphatic rings. The van der Waals surface area contributed by atoms with Crippen LogP contribution in [-0.2, 0) is 11.4 Å². The lowest BCUT2D eigenvalue weighted by molar-refractivity contribution is -0.200. The standard InChI is InChI=1S/C14H20F3N3OS/c1-12(2,3)22(21)19-9-8-11(20-10(9)4-7-18-20)13(5-6-13)14(15,16)17/h4,7,9,11,19H,5-6,8H2,1-3H3/t9-,11?,22?/m1/s1. The Hall–Kier alpha value is -0.730. The van der Waals surface area contributed by atoms with Gasteiger partial charge in [0.15, 0.2) is 0 Å². The molecule has 0 bridgehead atoms. The van der Waals surface area contributed by atoms with Crippen LogP contribution in [0.1, 0.15) is 57.8 Å². The lowest BCUT2D eigenvalue weighted by atomic mass is 9.93. The number of aromatic nitrogens is 2. The summed E-state index contributed by atoms with van der Waals surface area (Å²) in [6.45, 7) is 5.49. The van der Waals surface area contributed by atoms with Gasteiger partial charge in [-0.05, 0) is 46.1 Å². The summed E-state index contributed by atoms with van der Waals surface area (Å²) < 4.78 is 56.5. The molecule has 1 aliphatic heterocycles. The number of hydrogen-bond donors (Lipinski definition) is 1. The van der Waals surface area contributed by atoms with E-state index in [-0.39, 0.29) is 25.3 Å². The monoisotopic (exact) mass is 335 g/mol. The quantitative estimate of drug-likeness (QED) is 0.863. The molecule has 0 aromatic carbocycles. The van der Waals surface area contributed by atoms with E-state index in [1.807, 2.05) is 20.8 Å². The van der Waals surface area contributed by atoms with Crippen LogP contribution in [-0.4, -0.2) is 25.3 Å². The van der Waals surface area contributed by atoms with Crippen LogP contribution in [0.5, 0.6) is 0 Å². The molecule has 3 rings (SSSR count). The summed E-state index contributed by atoms with van der Waals surface area (Å²) in [4.78, 5) is 0. The second kappa shape index (κ2) is 4.88. The predicted molar refractivity (Wildman–Crippen MR) is 77.4 cm³/mol. The van der Waals surface area contributed by atoms with Crippen molar-refractivity contribution in [2.45, 2.75) is 63.0 Å². The molecule has 1 N–H and O–H groups in total. The third-order valence-electron chi connectivity index (χ3n) is 4.61. The molecule has 22 heavy (non-hydrogen) atoms. The number of hydrogen-bond acceptors (Lipinski definition) is 3. The van der Waals surface area contributed by atoms with Crippen LogP contribution >= 0.6 is 0 Å². The molecule has 2 unspecified atom stereocenters. The van der Waals surface area contributed by atoms with Crippen molar-refractivity contribution in [2.24, 2.45) is 5.41 Å². The maximum absolute atomic E-state index is 13.4. The lowest BCUT2D eigenvalue weighted by Crippen LogP contribution is -2.41. The van der Waals surface area contributed by atoms with Gasteiger partial charge < -0.3 is 4.55 Å². The minimum atomic E-state index is -4.22. The van der Waals surface area contributed by atoms with E-state index in [4.69, 9.17) is 0 Å². The van der Waals surface area contributed by atoms with Gasteiger partial charge in [0.2, 0.25) is 0 Å². The van der Waals surface area contributed by atoms with Crippen LogP contribution in [0.4, 0.5) is 13.2 Å². The van der Waals surface area contributed by atoms with Gasteiger partial charge in [-0.2, -0.15) is 18.3 Å². The van der Waals surface area contributed by atoms with Crippen molar-refractivity contribution in [3.63, 3.8) is 0 Å². The smallest absolute Gasteiger partial charge is 0.396 e.